The van der Waals surface area contributed by atoms with E-state index in [2.05, 4.69) is 4.98 Å². The first kappa shape index (κ1) is 14.1. The van der Waals surface area contributed by atoms with Crippen molar-refractivity contribution in [3.05, 3.63) is 59.9 Å². The van der Waals surface area contributed by atoms with Gasteiger partial charge in [-0.1, -0.05) is 0 Å². The van der Waals surface area contributed by atoms with Crippen molar-refractivity contribution in [2.45, 2.75) is 11.4 Å². The Hall–Kier alpha value is -1.89. The summed E-state index contributed by atoms with van der Waals surface area (Å²) in [4.78, 5) is 28.5. The number of carbonyl (C=O) groups is 2. The van der Waals surface area contributed by atoms with Crippen molar-refractivity contribution in [3.8, 4) is 0 Å². The van der Waals surface area contributed by atoms with E-state index in [9.17, 15) is 9.59 Å². The van der Waals surface area contributed by atoms with Crippen LogP contribution in [0.4, 0.5) is 0 Å². The monoisotopic (exact) mass is 391 g/mol. The summed E-state index contributed by atoms with van der Waals surface area (Å²) in [5, 5.41) is 0. The number of benzene rings is 1. The number of carbonyl (C=O) groups excluding carboxylic acids is 2. The Balaban J connectivity index is 2.12. The Kier molecular flexibility index (Phi) is 3.67. The van der Waals surface area contributed by atoms with Gasteiger partial charge in [0, 0.05) is 0 Å². The third-order valence-corrected chi connectivity index (χ3v) is 12.4. The van der Waals surface area contributed by atoms with E-state index in [1.165, 1.54) is 0 Å². The SMILES string of the molecule is C[CH2][Sn]1([c]2ccccc2)[O]C(=O)c2cccc(n2)C(=O)[O]1. The maximum atomic E-state index is 12.3. The predicted molar refractivity (Wildman–Crippen MR) is 77.4 cm³/mol. The maximum absolute atomic E-state index is 12.3. The van der Waals surface area contributed by atoms with Crippen LogP contribution in [0.2, 0.25) is 4.44 Å². The van der Waals surface area contributed by atoms with Gasteiger partial charge < -0.3 is 0 Å². The molecule has 0 aliphatic carbocycles. The average molecular weight is 390 g/mol. The van der Waals surface area contributed by atoms with Gasteiger partial charge in [0.25, 0.3) is 0 Å². The second-order valence-corrected chi connectivity index (χ2v) is 13.8. The molecule has 6 heteroatoms. The molecule has 3 rings (SSSR count). The van der Waals surface area contributed by atoms with Crippen LogP contribution >= 0.6 is 0 Å². The summed E-state index contributed by atoms with van der Waals surface area (Å²) in [6.45, 7) is 1.88. The molecule has 2 heterocycles. The van der Waals surface area contributed by atoms with Crippen LogP contribution in [0, 0.1) is 0 Å². The molecule has 0 radical (unpaired) electrons. The van der Waals surface area contributed by atoms with Crippen LogP contribution in [0.1, 0.15) is 27.9 Å². The Labute approximate surface area is 126 Å². The van der Waals surface area contributed by atoms with Gasteiger partial charge in [-0.3, -0.25) is 0 Å². The predicted octanol–water partition coefficient (Wildman–Crippen LogP) is 1.78. The fraction of sp³-hybridized carbons (Fsp3) is 0.133. The van der Waals surface area contributed by atoms with E-state index < -0.39 is 31.1 Å². The standard InChI is InChI=1S/C7H5NO4.C6H5.C2H5.Sn/c9-6(10)4-2-1-3-5(8-4)7(11)12;1-2-4-6-5-3-1;1-2;/h1-3H,(H,9,10)(H,11,12);1-5H;1H2,2H3;/q;;;+2/p-2. The Morgan fingerprint density at radius 3 is 2.00 bits per heavy atom. The zero-order chi connectivity index (χ0) is 14.9. The molecule has 1 aromatic heterocycles. The summed E-state index contributed by atoms with van der Waals surface area (Å²) in [7, 11) is 0. The molecule has 2 aromatic rings. The van der Waals surface area contributed by atoms with Gasteiger partial charge >= 0.3 is 127 Å². The number of fused-ring (bicyclic) bond motifs is 2. The number of hydrogen-bond donors (Lipinski definition) is 0. The van der Waals surface area contributed by atoms with Crippen LogP contribution < -0.4 is 3.58 Å². The number of rotatable bonds is 2. The molecular weight excluding hydrogens is 377 g/mol. The minimum atomic E-state index is -4.05. The van der Waals surface area contributed by atoms with Gasteiger partial charge in [-0.25, -0.2) is 0 Å². The van der Waals surface area contributed by atoms with Crippen molar-refractivity contribution in [3.63, 3.8) is 0 Å². The van der Waals surface area contributed by atoms with Gasteiger partial charge in [0.05, 0.1) is 0 Å². The molecule has 2 bridgehead atoms. The topological polar surface area (TPSA) is 65.5 Å². The van der Waals surface area contributed by atoms with Crippen LogP contribution in [-0.2, 0) is 6.15 Å². The van der Waals surface area contributed by atoms with Gasteiger partial charge in [-0.15, -0.1) is 0 Å². The molecule has 1 aromatic carbocycles. The Morgan fingerprint density at radius 1 is 0.905 bits per heavy atom. The van der Waals surface area contributed by atoms with E-state index in [0.717, 1.165) is 3.58 Å². The molecule has 5 nitrogen and oxygen atoms in total. The fourth-order valence-electron chi connectivity index (χ4n) is 2.25. The number of aromatic nitrogens is 1. The van der Waals surface area contributed by atoms with Crippen molar-refractivity contribution in [2.75, 3.05) is 0 Å². The van der Waals surface area contributed by atoms with Gasteiger partial charge in [0.15, 0.2) is 0 Å². The molecule has 106 valence electrons. The summed E-state index contributed by atoms with van der Waals surface area (Å²) >= 11 is -4.05. The van der Waals surface area contributed by atoms with Gasteiger partial charge in [-0.2, -0.15) is 0 Å². The molecule has 0 fully saturated rings. The van der Waals surface area contributed by atoms with E-state index in [0.29, 0.717) is 4.44 Å². The van der Waals surface area contributed by atoms with E-state index in [4.69, 9.17) is 6.15 Å². The van der Waals surface area contributed by atoms with E-state index >= 15 is 0 Å². The number of pyridine rings is 1. The molecule has 0 N–H and O–H groups in total. The van der Waals surface area contributed by atoms with Crippen molar-refractivity contribution in [1.82, 2.24) is 4.98 Å². The minimum absolute atomic E-state index is 0.148. The number of hydrogen-bond acceptors (Lipinski definition) is 5. The van der Waals surface area contributed by atoms with Crippen LogP contribution in [0.3, 0.4) is 0 Å². The molecule has 0 saturated carbocycles. The van der Waals surface area contributed by atoms with Crippen LogP contribution in [0.15, 0.2) is 48.5 Å². The molecule has 21 heavy (non-hydrogen) atoms. The zero-order valence-electron chi connectivity index (χ0n) is 11.4. The molecule has 0 amide bonds. The molecule has 0 spiro atoms. The summed E-state index contributed by atoms with van der Waals surface area (Å²) in [6, 6.07) is 14.0. The normalized spacial score (nSPS) is 16.4. The summed E-state index contributed by atoms with van der Waals surface area (Å²) in [5.74, 6) is -1.04. The van der Waals surface area contributed by atoms with Gasteiger partial charge in [0.2, 0.25) is 0 Å². The van der Waals surface area contributed by atoms with Gasteiger partial charge in [-0.05, 0) is 0 Å². The third-order valence-electron chi connectivity index (χ3n) is 3.36. The van der Waals surface area contributed by atoms with Crippen LogP contribution in [-0.4, -0.2) is 36.1 Å². The van der Waals surface area contributed by atoms with Crippen molar-refractivity contribution < 1.29 is 15.7 Å². The van der Waals surface area contributed by atoms with E-state index in [1.54, 1.807) is 18.2 Å². The summed E-state index contributed by atoms with van der Waals surface area (Å²) in [5.41, 5.74) is 0.296. The molecule has 0 saturated heterocycles. The molecular formula is C15H13NO4Sn. The van der Waals surface area contributed by atoms with Crippen molar-refractivity contribution in [1.29, 1.82) is 0 Å². The second-order valence-electron chi connectivity index (χ2n) is 4.66. The summed E-state index contributed by atoms with van der Waals surface area (Å²) in [6.07, 6.45) is 0. The zero-order valence-corrected chi connectivity index (χ0v) is 14.3. The van der Waals surface area contributed by atoms with E-state index in [-0.39, 0.29) is 11.4 Å². The fourth-order valence-corrected chi connectivity index (χ4v) is 9.33. The second kappa shape index (κ2) is 5.48. The molecule has 0 atom stereocenters. The molecule has 0 unspecified atom stereocenters. The average Bonchev–Trinajstić information content (AvgIpc) is 2.54. The van der Waals surface area contributed by atoms with Crippen LogP contribution in [0.25, 0.3) is 0 Å². The van der Waals surface area contributed by atoms with Gasteiger partial charge in [0.1, 0.15) is 0 Å². The van der Waals surface area contributed by atoms with Crippen molar-refractivity contribution >= 4 is 34.7 Å². The Bertz CT molecular complexity index is 669. The van der Waals surface area contributed by atoms with Crippen LogP contribution in [0.5, 0.6) is 0 Å². The molecule has 1 aliphatic heterocycles. The first-order valence-electron chi connectivity index (χ1n) is 6.64. The number of nitrogens with zero attached hydrogens (tertiary/aromatic N) is 1. The van der Waals surface area contributed by atoms with Crippen molar-refractivity contribution in [2.24, 2.45) is 0 Å². The third kappa shape index (κ3) is 2.53. The first-order chi connectivity index (χ1) is 10.1. The quantitative estimate of drug-likeness (QED) is 0.732. The Morgan fingerprint density at radius 2 is 1.48 bits per heavy atom. The van der Waals surface area contributed by atoms with E-state index in [1.807, 2.05) is 37.3 Å². The summed E-state index contributed by atoms with van der Waals surface area (Å²) < 4.78 is 12.7. The first-order valence-corrected chi connectivity index (χ1v) is 12.4. The molecule has 1 aliphatic rings.